The molecule has 6 heteroatoms. The quantitative estimate of drug-likeness (QED) is 0.819. The highest BCUT2D eigenvalue weighted by molar-refractivity contribution is 5.84. The van der Waals surface area contributed by atoms with E-state index in [4.69, 9.17) is 14.3 Å². The van der Waals surface area contributed by atoms with Crippen molar-refractivity contribution in [2.45, 2.75) is 19.6 Å². The number of morpholine rings is 1. The van der Waals surface area contributed by atoms with Crippen LogP contribution in [-0.2, 0) is 11.3 Å². The summed E-state index contributed by atoms with van der Waals surface area (Å²) in [5.74, 6) is -0.402. The molecular formula is C13H20N2O4. The van der Waals surface area contributed by atoms with E-state index in [0.29, 0.717) is 12.3 Å². The first kappa shape index (κ1) is 14.0. The van der Waals surface area contributed by atoms with Crippen molar-refractivity contribution in [1.29, 1.82) is 0 Å². The lowest BCUT2D eigenvalue weighted by Gasteiger charge is -2.30. The van der Waals surface area contributed by atoms with Crippen molar-refractivity contribution >= 4 is 5.97 Å². The van der Waals surface area contributed by atoms with Crippen LogP contribution in [-0.4, -0.2) is 55.4 Å². The molecule has 2 N–H and O–H groups in total. The van der Waals surface area contributed by atoms with Crippen LogP contribution in [0.1, 0.15) is 21.9 Å². The van der Waals surface area contributed by atoms with E-state index >= 15 is 0 Å². The normalized spacial score (nSPS) is 20.6. The Hall–Kier alpha value is -1.37. The Bertz CT molecular complexity index is 444. The number of carbonyl (C=O) groups is 1. The highest BCUT2D eigenvalue weighted by Gasteiger charge is 2.18. The van der Waals surface area contributed by atoms with Crippen LogP contribution >= 0.6 is 0 Å². The minimum Gasteiger partial charge on any atom is -0.475 e. The van der Waals surface area contributed by atoms with Gasteiger partial charge in [-0.15, -0.1) is 0 Å². The molecule has 19 heavy (non-hydrogen) atoms. The summed E-state index contributed by atoms with van der Waals surface area (Å²) in [6, 6.07) is 1.57. The number of hydrogen-bond donors (Lipinski definition) is 2. The van der Waals surface area contributed by atoms with Crippen molar-refractivity contribution < 1.29 is 19.1 Å². The third-order valence-electron chi connectivity index (χ3n) is 3.26. The van der Waals surface area contributed by atoms with Crippen LogP contribution < -0.4 is 5.32 Å². The zero-order valence-corrected chi connectivity index (χ0v) is 11.3. The molecule has 1 saturated heterocycles. The molecule has 0 amide bonds. The van der Waals surface area contributed by atoms with Gasteiger partial charge in [0.25, 0.3) is 0 Å². The molecule has 1 atom stereocenters. The highest BCUT2D eigenvalue weighted by Crippen LogP contribution is 2.14. The Kier molecular flexibility index (Phi) is 4.57. The molecule has 0 aromatic carbocycles. The van der Waals surface area contributed by atoms with Crippen molar-refractivity contribution in [2.75, 3.05) is 33.3 Å². The number of rotatable bonds is 5. The Morgan fingerprint density at radius 3 is 3.05 bits per heavy atom. The van der Waals surface area contributed by atoms with Gasteiger partial charge in [-0.25, -0.2) is 4.79 Å². The topological polar surface area (TPSA) is 74.9 Å². The minimum absolute atomic E-state index is 0.0112. The monoisotopic (exact) mass is 268 g/mol. The van der Waals surface area contributed by atoms with E-state index in [-0.39, 0.29) is 11.9 Å². The van der Waals surface area contributed by atoms with Crippen LogP contribution in [0.5, 0.6) is 0 Å². The van der Waals surface area contributed by atoms with Crippen molar-refractivity contribution in [3.63, 3.8) is 0 Å². The molecule has 6 nitrogen and oxygen atoms in total. The predicted molar refractivity (Wildman–Crippen MR) is 69.3 cm³/mol. The Balaban J connectivity index is 1.80. The molecule has 2 rings (SSSR count). The highest BCUT2D eigenvalue weighted by atomic mass is 16.5. The molecule has 106 valence electrons. The second-order valence-electron chi connectivity index (χ2n) is 4.88. The second kappa shape index (κ2) is 6.18. The zero-order chi connectivity index (χ0) is 13.8. The Morgan fingerprint density at radius 1 is 1.63 bits per heavy atom. The fourth-order valence-electron chi connectivity index (χ4n) is 2.16. The van der Waals surface area contributed by atoms with Gasteiger partial charge in [-0.2, -0.15) is 0 Å². The molecule has 2 heterocycles. The summed E-state index contributed by atoms with van der Waals surface area (Å²) in [5, 5.41) is 12.1. The van der Waals surface area contributed by atoms with E-state index in [1.165, 1.54) is 0 Å². The maximum atomic E-state index is 10.8. The zero-order valence-electron chi connectivity index (χ0n) is 11.3. The number of aryl methyl sites for hydroxylation is 1. The molecule has 0 saturated carbocycles. The van der Waals surface area contributed by atoms with Crippen molar-refractivity contribution in [2.24, 2.45) is 0 Å². The molecular weight excluding hydrogens is 248 g/mol. The third-order valence-corrected chi connectivity index (χ3v) is 3.26. The molecule has 1 aliphatic rings. The van der Waals surface area contributed by atoms with Crippen molar-refractivity contribution in [3.05, 3.63) is 23.2 Å². The molecule has 1 fully saturated rings. The van der Waals surface area contributed by atoms with Crippen LogP contribution in [0, 0.1) is 6.92 Å². The number of likely N-dealkylation sites (N-methyl/N-ethyl adjacent to an activating group) is 1. The van der Waals surface area contributed by atoms with E-state index in [1.54, 1.807) is 13.0 Å². The molecule has 1 aromatic heterocycles. The van der Waals surface area contributed by atoms with Gasteiger partial charge in [0.1, 0.15) is 5.76 Å². The summed E-state index contributed by atoms with van der Waals surface area (Å²) in [4.78, 5) is 13.0. The van der Waals surface area contributed by atoms with Crippen molar-refractivity contribution in [3.8, 4) is 0 Å². The first-order valence-corrected chi connectivity index (χ1v) is 6.39. The molecule has 0 spiro atoms. The largest absolute Gasteiger partial charge is 0.475 e. The average molecular weight is 268 g/mol. The fourth-order valence-corrected chi connectivity index (χ4v) is 2.16. The predicted octanol–water partition coefficient (Wildman–Crippen LogP) is 0.706. The van der Waals surface area contributed by atoms with Crippen LogP contribution in [0.2, 0.25) is 0 Å². The van der Waals surface area contributed by atoms with Gasteiger partial charge in [-0.1, -0.05) is 0 Å². The molecule has 1 aromatic rings. The molecule has 1 unspecified atom stereocenters. The number of ether oxygens (including phenoxy) is 1. The molecule has 0 bridgehead atoms. The minimum atomic E-state index is -1.04. The maximum Gasteiger partial charge on any atom is 0.371 e. The smallest absolute Gasteiger partial charge is 0.371 e. The van der Waals surface area contributed by atoms with Gasteiger partial charge in [0.15, 0.2) is 0 Å². The van der Waals surface area contributed by atoms with Crippen LogP contribution in [0.15, 0.2) is 10.5 Å². The van der Waals surface area contributed by atoms with E-state index in [1.807, 2.05) is 0 Å². The SMILES string of the molecule is Cc1oc(C(=O)O)cc1CNCC1CN(C)CCO1. The summed E-state index contributed by atoms with van der Waals surface area (Å²) >= 11 is 0. The second-order valence-corrected chi connectivity index (χ2v) is 4.88. The van der Waals surface area contributed by atoms with Gasteiger partial charge in [0, 0.05) is 31.7 Å². The number of hydrogen-bond acceptors (Lipinski definition) is 5. The van der Waals surface area contributed by atoms with Gasteiger partial charge in [0.2, 0.25) is 5.76 Å². The summed E-state index contributed by atoms with van der Waals surface area (Å²) in [6.45, 7) is 5.76. The summed E-state index contributed by atoms with van der Waals surface area (Å²) in [5.41, 5.74) is 0.876. The lowest BCUT2D eigenvalue weighted by atomic mass is 10.2. The first-order chi connectivity index (χ1) is 9.06. The number of furan rings is 1. The number of carboxylic acids is 1. The lowest BCUT2D eigenvalue weighted by Crippen LogP contribution is -2.44. The summed E-state index contributed by atoms with van der Waals surface area (Å²) in [7, 11) is 2.08. The number of nitrogens with zero attached hydrogens (tertiary/aromatic N) is 1. The number of aromatic carboxylic acids is 1. The Labute approximate surface area is 112 Å². The standard InChI is InChI=1S/C13H20N2O4/c1-9-10(5-12(19-9)13(16)17)6-14-7-11-8-15(2)3-4-18-11/h5,11,14H,3-4,6-8H2,1-2H3,(H,16,17). The van der Waals surface area contributed by atoms with Gasteiger partial charge in [0.05, 0.1) is 12.7 Å². The van der Waals surface area contributed by atoms with Gasteiger partial charge in [-0.3, -0.25) is 0 Å². The summed E-state index contributed by atoms with van der Waals surface area (Å²) in [6.07, 6.45) is 0.185. The Morgan fingerprint density at radius 2 is 2.42 bits per heavy atom. The van der Waals surface area contributed by atoms with Gasteiger partial charge >= 0.3 is 5.97 Å². The van der Waals surface area contributed by atoms with E-state index < -0.39 is 5.97 Å². The third kappa shape index (κ3) is 3.79. The van der Waals surface area contributed by atoms with Crippen LogP contribution in [0.3, 0.4) is 0 Å². The molecule has 0 radical (unpaired) electrons. The van der Waals surface area contributed by atoms with Gasteiger partial charge < -0.3 is 24.5 Å². The van der Waals surface area contributed by atoms with Crippen LogP contribution in [0.25, 0.3) is 0 Å². The van der Waals surface area contributed by atoms with Crippen molar-refractivity contribution in [1.82, 2.24) is 10.2 Å². The number of nitrogens with one attached hydrogen (secondary N) is 1. The molecule has 0 aliphatic carbocycles. The fraction of sp³-hybridized carbons (Fsp3) is 0.615. The summed E-state index contributed by atoms with van der Waals surface area (Å²) < 4.78 is 10.8. The maximum absolute atomic E-state index is 10.8. The average Bonchev–Trinajstić information content (AvgIpc) is 2.71. The number of carboxylic acid groups (broad SMARTS) is 1. The molecule has 1 aliphatic heterocycles. The van der Waals surface area contributed by atoms with E-state index in [2.05, 4.69) is 17.3 Å². The lowest BCUT2D eigenvalue weighted by molar-refractivity contribution is -0.0182. The van der Waals surface area contributed by atoms with Gasteiger partial charge in [-0.05, 0) is 20.0 Å². The first-order valence-electron chi connectivity index (χ1n) is 6.39. The van der Waals surface area contributed by atoms with E-state index in [9.17, 15) is 4.79 Å². The van der Waals surface area contributed by atoms with E-state index in [0.717, 1.165) is 31.8 Å². The van der Waals surface area contributed by atoms with Crippen LogP contribution in [0.4, 0.5) is 0 Å².